The first-order chi connectivity index (χ1) is 14.9. The molecule has 0 saturated heterocycles. The highest BCUT2D eigenvalue weighted by atomic mass is 19.4. The van der Waals surface area contributed by atoms with Gasteiger partial charge in [0.25, 0.3) is 5.91 Å². The van der Waals surface area contributed by atoms with E-state index in [4.69, 9.17) is 4.11 Å². The summed E-state index contributed by atoms with van der Waals surface area (Å²) in [5.41, 5.74) is 0.697. The van der Waals surface area contributed by atoms with Crippen molar-refractivity contribution >= 4 is 23.0 Å². The number of nitrogens with zero attached hydrogens (tertiary/aromatic N) is 5. The molecule has 1 aromatic carbocycles. The molecule has 0 spiro atoms. The van der Waals surface area contributed by atoms with Crippen LogP contribution in [0.3, 0.4) is 0 Å². The second-order valence-electron chi connectivity index (χ2n) is 6.33. The predicted octanol–water partition coefficient (Wildman–Crippen LogP) is 2.73. The van der Waals surface area contributed by atoms with Gasteiger partial charge in [-0.25, -0.2) is 4.68 Å². The highest BCUT2D eigenvalue weighted by Crippen LogP contribution is 2.40. The van der Waals surface area contributed by atoms with Crippen molar-refractivity contribution in [3.63, 3.8) is 0 Å². The van der Waals surface area contributed by atoms with Crippen LogP contribution >= 0.6 is 0 Å². The van der Waals surface area contributed by atoms with E-state index in [9.17, 15) is 18.0 Å². The Balaban J connectivity index is 1.74. The lowest BCUT2D eigenvalue weighted by atomic mass is 10.1. The summed E-state index contributed by atoms with van der Waals surface area (Å²) < 4.78 is 62.3. The number of aromatic nitrogens is 4. The zero-order chi connectivity index (χ0) is 23.3. The van der Waals surface area contributed by atoms with Crippen molar-refractivity contribution < 1.29 is 22.1 Å². The number of para-hydroxylation sites is 1. The van der Waals surface area contributed by atoms with Crippen LogP contribution in [0.15, 0.2) is 36.5 Å². The third-order valence-corrected chi connectivity index (χ3v) is 4.42. The van der Waals surface area contributed by atoms with Crippen molar-refractivity contribution in [3.8, 4) is 5.69 Å². The maximum atomic E-state index is 13.2. The van der Waals surface area contributed by atoms with E-state index < -0.39 is 24.8 Å². The maximum Gasteiger partial charge on any atom is 0.435 e. The molecule has 0 radical (unpaired) electrons. The molecule has 0 aliphatic carbocycles. The fourth-order valence-electron chi connectivity index (χ4n) is 3.21. The third kappa shape index (κ3) is 3.24. The molecule has 150 valence electrons. The Hall–Kier alpha value is -3.63. The SMILES string of the molecule is [2H]C([2H])([2H])NC(=O)c1nnccc1Nc1cccc2c1N(C)Cc1cc(C(F)(F)F)nn1-2. The van der Waals surface area contributed by atoms with Gasteiger partial charge in [0.2, 0.25) is 0 Å². The maximum absolute atomic E-state index is 13.2. The number of hydrogen-bond donors (Lipinski definition) is 2. The first-order valence-electron chi connectivity index (χ1n) is 9.86. The number of hydrogen-bond acceptors (Lipinski definition) is 6. The Morgan fingerprint density at radius 1 is 1.28 bits per heavy atom. The summed E-state index contributed by atoms with van der Waals surface area (Å²) >= 11 is 0. The fourth-order valence-corrected chi connectivity index (χ4v) is 3.21. The van der Waals surface area contributed by atoms with E-state index in [-0.39, 0.29) is 17.9 Å². The van der Waals surface area contributed by atoms with Crippen LogP contribution < -0.4 is 15.5 Å². The summed E-state index contributed by atoms with van der Waals surface area (Å²) in [5, 5.41) is 15.9. The van der Waals surface area contributed by atoms with E-state index in [0.29, 0.717) is 22.8 Å². The Bertz CT molecular complexity index is 1190. The molecule has 3 aromatic rings. The van der Waals surface area contributed by atoms with Gasteiger partial charge in [-0.2, -0.15) is 23.4 Å². The minimum absolute atomic E-state index is 0.162. The molecule has 2 N–H and O–H groups in total. The molecule has 2 aromatic heterocycles. The first-order valence-corrected chi connectivity index (χ1v) is 8.36. The molecule has 0 fully saturated rings. The normalized spacial score (nSPS) is 14.9. The number of amides is 1. The van der Waals surface area contributed by atoms with Crippen LogP contribution in [0.1, 0.15) is 26.0 Å². The summed E-state index contributed by atoms with van der Waals surface area (Å²) in [7, 11) is 1.71. The highest BCUT2D eigenvalue weighted by Gasteiger charge is 2.36. The number of halogens is 3. The van der Waals surface area contributed by atoms with E-state index in [1.165, 1.54) is 16.9 Å². The monoisotopic (exact) mass is 406 g/mol. The Labute approximate surface area is 167 Å². The van der Waals surface area contributed by atoms with Gasteiger partial charge in [0, 0.05) is 18.1 Å². The van der Waals surface area contributed by atoms with Crippen LogP contribution in [0.5, 0.6) is 0 Å². The summed E-state index contributed by atoms with van der Waals surface area (Å²) in [4.78, 5) is 14.1. The zero-order valence-electron chi connectivity index (χ0n) is 17.9. The van der Waals surface area contributed by atoms with Crippen molar-refractivity contribution in [2.75, 3.05) is 24.2 Å². The van der Waals surface area contributed by atoms with Crippen molar-refractivity contribution in [1.82, 2.24) is 25.3 Å². The molecule has 0 bridgehead atoms. The van der Waals surface area contributed by atoms with Crippen molar-refractivity contribution in [2.45, 2.75) is 12.7 Å². The van der Waals surface area contributed by atoms with E-state index in [0.717, 1.165) is 6.07 Å². The van der Waals surface area contributed by atoms with Crippen molar-refractivity contribution in [1.29, 1.82) is 0 Å². The molecular formula is C18H16F3N7O. The van der Waals surface area contributed by atoms with Gasteiger partial charge in [-0.15, -0.1) is 5.10 Å². The van der Waals surface area contributed by atoms with Gasteiger partial charge in [0.15, 0.2) is 11.4 Å². The fraction of sp³-hybridized carbons (Fsp3) is 0.222. The molecular weight excluding hydrogens is 387 g/mol. The van der Waals surface area contributed by atoms with Crippen LogP contribution in [0.2, 0.25) is 0 Å². The summed E-state index contributed by atoms with van der Waals surface area (Å²) in [5.74, 6) is -0.956. The largest absolute Gasteiger partial charge is 0.435 e. The average Bonchev–Trinajstić information content (AvgIpc) is 3.12. The van der Waals surface area contributed by atoms with Crippen LogP contribution in [0.4, 0.5) is 30.2 Å². The van der Waals surface area contributed by atoms with Crippen LogP contribution in [0, 0.1) is 0 Å². The van der Waals surface area contributed by atoms with Gasteiger partial charge in [-0.05, 0) is 24.3 Å². The van der Waals surface area contributed by atoms with E-state index in [2.05, 4.69) is 20.6 Å². The number of benzene rings is 1. The van der Waals surface area contributed by atoms with Gasteiger partial charge in [0.05, 0.1) is 41.2 Å². The molecule has 0 saturated carbocycles. The molecule has 4 rings (SSSR count). The molecule has 1 amide bonds. The van der Waals surface area contributed by atoms with Gasteiger partial charge in [-0.1, -0.05) is 6.07 Å². The third-order valence-electron chi connectivity index (χ3n) is 4.42. The van der Waals surface area contributed by atoms with Crippen LogP contribution in [0.25, 0.3) is 5.69 Å². The molecule has 3 heterocycles. The molecule has 0 atom stereocenters. The standard InChI is InChI=1S/C18H16F3N7O/c1-22-17(29)15-11(6-7-23-25-15)24-12-4-3-5-13-16(12)27(2)9-10-8-14(18(19,20)21)26-28(10)13/h3-8H,9H2,1-2H3,(H,22,29)(H,23,24)/i1D3. The van der Waals surface area contributed by atoms with Gasteiger partial charge in [-0.3, -0.25) is 4.79 Å². The lowest BCUT2D eigenvalue weighted by Gasteiger charge is -2.30. The number of fused-ring (bicyclic) bond motifs is 3. The second kappa shape index (κ2) is 6.76. The lowest BCUT2D eigenvalue weighted by Crippen LogP contribution is -2.27. The Morgan fingerprint density at radius 3 is 2.86 bits per heavy atom. The van der Waals surface area contributed by atoms with Gasteiger partial charge >= 0.3 is 6.18 Å². The highest BCUT2D eigenvalue weighted by molar-refractivity contribution is 5.98. The molecule has 8 nitrogen and oxygen atoms in total. The summed E-state index contributed by atoms with van der Waals surface area (Å²) in [6.07, 6.45) is -3.26. The number of carbonyl (C=O) groups is 1. The summed E-state index contributed by atoms with van der Waals surface area (Å²) in [6.45, 7) is -2.56. The van der Waals surface area contributed by atoms with Gasteiger partial charge in [0.1, 0.15) is 0 Å². The zero-order valence-corrected chi connectivity index (χ0v) is 14.9. The average molecular weight is 406 g/mol. The minimum Gasteiger partial charge on any atom is -0.365 e. The first kappa shape index (κ1) is 15.3. The Morgan fingerprint density at radius 2 is 2.10 bits per heavy atom. The second-order valence-corrected chi connectivity index (χ2v) is 6.33. The van der Waals surface area contributed by atoms with Crippen molar-refractivity contribution in [3.05, 3.63) is 53.6 Å². The smallest absolute Gasteiger partial charge is 0.365 e. The van der Waals surface area contributed by atoms with Gasteiger partial charge < -0.3 is 15.5 Å². The number of anilines is 3. The lowest BCUT2D eigenvalue weighted by molar-refractivity contribution is -0.141. The molecule has 11 heteroatoms. The molecule has 1 aliphatic heterocycles. The van der Waals surface area contributed by atoms with Crippen molar-refractivity contribution in [2.24, 2.45) is 0 Å². The minimum atomic E-state index is -4.58. The topological polar surface area (TPSA) is 88.0 Å². The molecule has 1 aliphatic rings. The number of rotatable bonds is 3. The number of nitrogens with one attached hydrogen (secondary N) is 2. The van der Waals surface area contributed by atoms with E-state index >= 15 is 0 Å². The van der Waals surface area contributed by atoms with E-state index in [1.54, 1.807) is 30.1 Å². The quantitative estimate of drug-likeness (QED) is 0.696. The Kier molecular flexibility index (Phi) is 3.57. The predicted molar refractivity (Wildman–Crippen MR) is 99.4 cm³/mol. The van der Waals surface area contributed by atoms with Crippen LogP contribution in [-0.4, -0.2) is 39.9 Å². The molecule has 0 unspecified atom stereocenters. The van der Waals surface area contributed by atoms with Crippen LogP contribution in [-0.2, 0) is 12.7 Å². The van der Waals surface area contributed by atoms with E-state index in [1.807, 2.05) is 5.32 Å². The number of carbonyl (C=O) groups excluding carboxylic acids is 1. The summed E-state index contributed by atoms with van der Waals surface area (Å²) in [6, 6.07) is 7.35. The molecule has 29 heavy (non-hydrogen) atoms. The number of alkyl halides is 3.